The van der Waals surface area contributed by atoms with Crippen molar-refractivity contribution in [2.75, 3.05) is 7.11 Å². The summed E-state index contributed by atoms with van der Waals surface area (Å²) in [5, 5.41) is -2.99. The maximum Gasteiger partial charge on any atom is 0.420 e. The van der Waals surface area contributed by atoms with E-state index in [4.69, 9.17) is 9.26 Å². The monoisotopic (exact) mass is 374 g/mol. The van der Waals surface area contributed by atoms with E-state index in [2.05, 4.69) is 0 Å². The molecule has 0 aliphatic rings. The lowest BCUT2D eigenvalue weighted by Gasteiger charge is -2.30. The summed E-state index contributed by atoms with van der Waals surface area (Å²) < 4.78 is 36.9. The molecule has 0 aliphatic heterocycles. The van der Waals surface area contributed by atoms with E-state index in [9.17, 15) is 18.6 Å². The number of aldehydes is 1. The SMILES string of the molecule is COc1c(C(C)(C)C)cc(OP(=O)(O)C(C)(F)C=O)cc1C(C)(C)C. The van der Waals surface area contributed by atoms with E-state index >= 15 is 0 Å². The van der Waals surface area contributed by atoms with Crippen molar-refractivity contribution < 1.29 is 27.9 Å². The molecule has 0 bridgehead atoms. The predicted molar refractivity (Wildman–Crippen MR) is 96.4 cm³/mol. The molecule has 0 aromatic heterocycles. The van der Waals surface area contributed by atoms with E-state index in [1.165, 1.54) is 0 Å². The summed E-state index contributed by atoms with van der Waals surface area (Å²) in [5.41, 5.74) is 0.801. The summed E-state index contributed by atoms with van der Waals surface area (Å²) in [7, 11) is -3.30. The Labute approximate surface area is 149 Å². The van der Waals surface area contributed by atoms with Gasteiger partial charge >= 0.3 is 7.60 Å². The van der Waals surface area contributed by atoms with Gasteiger partial charge in [0.2, 0.25) is 0 Å². The number of alkyl halides is 1. The molecule has 1 N–H and O–H groups in total. The largest absolute Gasteiger partial charge is 0.496 e. The smallest absolute Gasteiger partial charge is 0.420 e. The van der Waals surface area contributed by atoms with Crippen molar-refractivity contribution in [3.05, 3.63) is 23.3 Å². The van der Waals surface area contributed by atoms with Crippen molar-refractivity contribution in [3.63, 3.8) is 0 Å². The van der Waals surface area contributed by atoms with Crippen LogP contribution in [0.2, 0.25) is 0 Å². The average Bonchev–Trinajstić information content (AvgIpc) is 2.43. The molecule has 7 heteroatoms. The van der Waals surface area contributed by atoms with Crippen molar-refractivity contribution in [1.82, 2.24) is 0 Å². The molecule has 0 saturated heterocycles. The van der Waals surface area contributed by atoms with Crippen LogP contribution in [0.25, 0.3) is 0 Å². The van der Waals surface area contributed by atoms with Crippen molar-refractivity contribution in [2.45, 2.75) is 64.7 Å². The third-order valence-corrected chi connectivity index (χ3v) is 5.55. The topological polar surface area (TPSA) is 72.8 Å². The first kappa shape index (κ1) is 21.7. The number of hydrogen-bond acceptors (Lipinski definition) is 4. The minimum absolute atomic E-state index is 0.0206. The molecule has 0 aliphatic carbocycles. The fraction of sp³-hybridized carbons (Fsp3) is 0.611. The molecule has 142 valence electrons. The van der Waals surface area contributed by atoms with Crippen LogP contribution in [0.5, 0.6) is 11.5 Å². The fourth-order valence-corrected chi connectivity index (χ4v) is 2.99. The predicted octanol–water partition coefficient (Wildman–Crippen LogP) is 4.74. The number of ether oxygens (including phenoxy) is 1. The minimum atomic E-state index is -4.86. The van der Waals surface area contributed by atoms with Gasteiger partial charge < -0.3 is 14.2 Å². The molecule has 1 aromatic carbocycles. The van der Waals surface area contributed by atoms with Gasteiger partial charge in [0, 0.05) is 11.1 Å². The molecule has 5 nitrogen and oxygen atoms in total. The van der Waals surface area contributed by atoms with E-state index in [-0.39, 0.29) is 22.9 Å². The fourth-order valence-electron chi connectivity index (χ4n) is 2.29. The van der Waals surface area contributed by atoms with Gasteiger partial charge in [-0.25, -0.2) is 8.96 Å². The Kier molecular flexibility index (Phi) is 5.83. The highest BCUT2D eigenvalue weighted by Gasteiger charge is 2.47. The molecule has 25 heavy (non-hydrogen) atoms. The molecule has 0 amide bonds. The molecule has 0 heterocycles. The van der Waals surface area contributed by atoms with Crippen LogP contribution in [0.1, 0.15) is 59.6 Å². The lowest BCUT2D eigenvalue weighted by molar-refractivity contribution is -0.113. The molecule has 0 saturated carbocycles. The van der Waals surface area contributed by atoms with Crippen LogP contribution in [-0.2, 0) is 20.2 Å². The Morgan fingerprint density at radius 3 is 1.72 bits per heavy atom. The molecule has 1 aromatic rings. The zero-order chi connectivity index (χ0) is 19.8. The van der Waals surface area contributed by atoms with Crippen LogP contribution in [0.4, 0.5) is 4.39 Å². The lowest BCUT2D eigenvalue weighted by atomic mass is 9.79. The number of benzene rings is 1. The van der Waals surface area contributed by atoms with E-state index in [1.54, 1.807) is 19.2 Å². The Bertz CT molecular complexity index is 663. The highest BCUT2D eigenvalue weighted by atomic mass is 31.2. The van der Waals surface area contributed by atoms with Crippen LogP contribution in [-0.4, -0.2) is 23.7 Å². The maximum absolute atomic E-state index is 14.1. The molecule has 2 atom stereocenters. The Balaban J connectivity index is 3.64. The van der Waals surface area contributed by atoms with Gasteiger partial charge in [-0.05, 0) is 29.9 Å². The van der Waals surface area contributed by atoms with Crippen molar-refractivity contribution in [1.29, 1.82) is 0 Å². The van der Waals surface area contributed by atoms with Crippen molar-refractivity contribution in [2.24, 2.45) is 0 Å². The van der Waals surface area contributed by atoms with E-state index in [1.807, 2.05) is 41.5 Å². The second-order valence-electron chi connectivity index (χ2n) is 8.31. The number of hydrogen-bond donors (Lipinski definition) is 1. The average molecular weight is 374 g/mol. The number of carbonyl (C=O) groups is 1. The highest BCUT2D eigenvalue weighted by Crippen LogP contribution is 2.56. The van der Waals surface area contributed by atoms with Crippen LogP contribution in [0.15, 0.2) is 12.1 Å². The van der Waals surface area contributed by atoms with Crippen molar-refractivity contribution >= 4 is 13.9 Å². The molecule has 0 fully saturated rings. The molecular weight excluding hydrogens is 346 g/mol. The van der Waals surface area contributed by atoms with Crippen LogP contribution in [0.3, 0.4) is 0 Å². The Hall–Kier alpha value is -1.39. The van der Waals surface area contributed by atoms with Gasteiger partial charge in [0.25, 0.3) is 5.41 Å². The number of carbonyl (C=O) groups excluding carboxylic acids is 1. The summed E-state index contributed by atoms with van der Waals surface area (Å²) in [6.07, 6.45) is -0.216. The summed E-state index contributed by atoms with van der Waals surface area (Å²) in [6, 6.07) is 3.11. The molecule has 2 unspecified atom stereocenters. The number of rotatable bonds is 5. The maximum atomic E-state index is 14.1. The number of methoxy groups -OCH3 is 1. The number of halogens is 1. The van der Waals surface area contributed by atoms with Gasteiger partial charge in [-0.3, -0.25) is 4.79 Å². The third kappa shape index (κ3) is 4.62. The van der Waals surface area contributed by atoms with E-state index in [0.717, 1.165) is 18.1 Å². The van der Waals surface area contributed by atoms with Crippen molar-refractivity contribution in [3.8, 4) is 11.5 Å². The van der Waals surface area contributed by atoms with Gasteiger partial charge in [-0.2, -0.15) is 0 Å². The first-order valence-electron chi connectivity index (χ1n) is 7.97. The van der Waals surface area contributed by atoms with Gasteiger partial charge in [0.15, 0.2) is 6.29 Å². The normalized spacial score (nSPS) is 17.4. The zero-order valence-electron chi connectivity index (χ0n) is 16.1. The summed E-state index contributed by atoms with van der Waals surface area (Å²) >= 11 is 0. The molecule has 0 spiro atoms. The van der Waals surface area contributed by atoms with Crippen LogP contribution in [0, 0.1) is 0 Å². The summed E-state index contributed by atoms with van der Waals surface area (Å²) in [5.74, 6) is 0.672. The summed E-state index contributed by atoms with van der Waals surface area (Å²) in [6.45, 7) is 12.5. The molecule has 0 radical (unpaired) electrons. The van der Waals surface area contributed by atoms with Gasteiger partial charge in [0.05, 0.1) is 7.11 Å². The first-order chi connectivity index (χ1) is 11.1. The first-order valence-corrected chi connectivity index (χ1v) is 9.55. The van der Waals surface area contributed by atoms with E-state index < -0.39 is 13.0 Å². The lowest BCUT2D eigenvalue weighted by Crippen LogP contribution is -2.23. The van der Waals surface area contributed by atoms with Crippen LogP contribution < -0.4 is 9.26 Å². The minimum Gasteiger partial charge on any atom is -0.496 e. The third-order valence-electron chi connectivity index (χ3n) is 3.88. The second kappa shape index (κ2) is 6.73. The Morgan fingerprint density at radius 1 is 1.04 bits per heavy atom. The quantitative estimate of drug-likeness (QED) is 0.595. The van der Waals surface area contributed by atoms with Gasteiger partial charge in [0.1, 0.15) is 11.5 Å². The zero-order valence-corrected chi connectivity index (χ0v) is 17.0. The Morgan fingerprint density at radius 2 is 1.44 bits per heavy atom. The molecular formula is C18H28FO5P. The standard InChI is InChI=1S/C18H28FO5P/c1-16(2,3)13-9-12(24-25(21,22)18(7,19)11-20)10-14(15(13)23-8)17(4,5)6/h9-11H,1-8H3,(H,21,22). The van der Waals surface area contributed by atoms with Gasteiger partial charge in [-0.15, -0.1) is 0 Å². The highest BCUT2D eigenvalue weighted by molar-refractivity contribution is 7.55. The van der Waals surface area contributed by atoms with Gasteiger partial charge in [-0.1, -0.05) is 41.5 Å². The summed E-state index contributed by atoms with van der Waals surface area (Å²) in [4.78, 5) is 20.7. The van der Waals surface area contributed by atoms with E-state index in [0.29, 0.717) is 5.75 Å². The second-order valence-corrected chi connectivity index (χ2v) is 10.4. The van der Waals surface area contributed by atoms with Crippen LogP contribution >= 0.6 is 7.60 Å². The molecule has 1 rings (SSSR count).